The van der Waals surface area contributed by atoms with Gasteiger partial charge >= 0.3 is 6.09 Å². The summed E-state index contributed by atoms with van der Waals surface area (Å²) >= 11 is 1.98. The number of aromatic nitrogens is 1. The van der Waals surface area contributed by atoms with Gasteiger partial charge in [0.15, 0.2) is 0 Å². The second kappa shape index (κ2) is 20.1. The Morgan fingerprint density at radius 3 is 2.22 bits per heavy atom. The number of ether oxygens (including phenoxy) is 3. The number of methoxy groups -OCH3 is 1. The number of amides is 5. The third kappa shape index (κ3) is 11.4. The Balaban J connectivity index is 1.23. The van der Waals surface area contributed by atoms with Crippen molar-refractivity contribution in [1.82, 2.24) is 30.6 Å². The van der Waals surface area contributed by atoms with Gasteiger partial charge in [-0.3, -0.25) is 19.2 Å². The molecule has 16 nitrogen and oxygen atoms in total. The van der Waals surface area contributed by atoms with Crippen LogP contribution < -0.4 is 30.1 Å². The zero-order valence-electron chi connectivity index (χ0n) is 37.2. The van der Waals surface area contributed by atoms with Crippen molar-refractivity contribution in [2.24, 2.45) is 5.92 Å². The van der Waals surface area contributed by atoms with Crippen molar-refractivity contribution in [3.8, 4) is 22.8 Å². The van der Waals surface area contributed by atoms with E-state index in [1.165, 1.54) is 35.2 Å². The molecule has 6 atom stereocenters. The molecular weight excluding hydrogens is 992 g/mol. The van der Waals surface area contributed by atoms with E-state index in [-0.39, 0.29) is 30.8 Å². The maximum Gasteiger partial charge on any atom is 0.408 e. The van der Waals surface area contributed by atoms with E-state index in [1.807, 2.05) is 59.0 Å². The minimum Gasteiger partial charge on any atom is -0.497 e. The van der Waals surface area contributed by atoms with Crippen molar-refractivity contribution in [1.29, 1.82) is 0 Å². The molecule has 1 saturated carbocycles. The van der Waals surface area contributed by atoms with Gasteiger partial charge in [0, 0.05) is 42.0 Å². The van der Waals surface area contributed by atoms with Gasteiger partial charge in [0.2, 0.25) is 17.7 Å². The van der Waals surface area contributed by atoms with Gasteiger partial charge in [0.25, 0.3) is 15.9 Å². The Labute approximate surface area is 402 Å². The fourth-order valence-corrected chi connectivity index (χ4v) is 9.53. The zero-order chi connectivity index (χ0) is 48.1. The number of hydrogen-bond acceptors (Lipinski definition) is 11. The van der Waals surface area contributed by atoms with E-state index in [0.29, 0.717) is 33.7 Å². The van der Waals surface area contributed by atoms with Gasteiger partial charge < -0.3 is 35.1 Å². The number of alkyl carbamates (subject to hydrolysis) is 1. The predicted molar refractivity (Wildman–Crippen MR) is 259 cm³/mol. The first kappa shape index (κ1) is 48.4. The molecule has 5 amide bonds. The van der Waals surface area contributed by atoms with Crippen LogP contribution in [0, 0.1) is 5.92 Å². The van der Waals surface area contributed by atoms with Crippen molar-refractivity contribution >= 4 is 73.2 Å². The topological polar surface area (TPSA) is 211 Å². The van der Waals surface area contributed by atoms with E-state index in [4.69, 9.17) is 19.2 Å². The molecule has 2 heterocycles. The number of pyridine rings is 1. The molecule has 67 heavy (non-hydrogen) atoms. The molecule has 2 aliphatic rings. The second-order valence-electron chi connectivity index (χ2n) is 17.2. The largest absolute Gasteiger partial charge is 0.497 e. The summed E-state index contributed by atoms with van der Waals surface area (Å²) in [6.45, 7) is 8.19. The average molecular weight is 1040 g/mol. The normalized spacial score (nSPS) is 19.8. The predicted octanol–water partition coefficient (Wildman–Crippen LogP) is 6.01. The molecule has 7 rings (SSSR count). The summed E-state index contributed by atoms with van der Waals surface area (Å²) < 4.78 is 45.8. The number of likely N-dealkylation sites (tertiary alicyclic amines) is 1. The molecule has 1 unspecified atom stereocenters. The summed E-state index contributed by atoms with van der Waals surface area (Å²) in [4.78, 5) is 76.5. The van der Waals surface area contributed by atoms with Crippen LogP contribution in [0.2, 0.25) is 0 Å². The van der Waals surface area contributed by atoms with Crippen LogP contribution in [0.1, 0.15) is 43.1 Å². The van der Waals surface area contributed by atoms with Crippen molar-refractivity contribution in [3.05, 3.63) is 133 Å². The Morgan fingerprint density at radius 1 is 0.940 bits per heavy atom. The molecule has 1 aliphatic carbocycles. The number of alkyl halides is 1. The SMILES string of the molecule is C=C[C@@H]1C[C@]1(NC(=O)[C@@H]1C[C@@H](Oc2cc(-c3ccccc3)nc3cc(OC)ccc23)CN1C(=O)[C@H](CNC(=O)C(I)c1ccccc1)NC(=O)OC(C)(C)C)C(=O)NS(=O)(=O)c1ccccc1. The van der Waals surface area contributed by atoms with E-state index in [2.05, 4.69) is 27.3 Å². The van der Waals surface area contributed by atoms with E-state index >= 15 is 0 Å². The molecule has 350 valence electrons. The third-order valence-corrected chi connectivity index (χ3v) is 13.9. The molecule has 5 aromatic rings. The van der Waals surface area contributed by atoms with E-state index < -0.39 is 78.9 Å². The number of carbonyl (C=O) groups is 5. The summed E-state index contributed by atoms with van der Waals surface area (Å²) in [6, 6.07) is 30.0. The first-order chi connectivity index (χ1) is 31.9. The van der Waals surface area contributed by atoms with Crippen LogP contribution in [-0.4, -0.2) is 97.6 Å². The maximum atomic E-state index is 15.0. The lowest BCUT2D eigenvalue weighted by Gasteiger charge is -2.30. The van der Waals surface area contributed by atoms with E-state index in [0.717, 1.165) is 5.56 Å². The van der Waals surface area contributed by atoms with Crippen molar-refractivity contribution in [2.75, 3.05) is 20.2 Å². The molecule has 0 bridgehead atoms. The first-order valence-electron chi connectivity index (χ1n) is 21.5. The van der Waals surface area contributed by atoms with Crippen molar-refractivity contribution in [2.45, 2.75) is 71.8 Å². The quantitative estimate of drug-likeness (QED) is 0.0511. The van der Waals surface area contributed by atoms with Crippen LogP contribution in [0.15, 0.2) is 133 Å². The lowest BCUT2D eigenvalue weighted by atomic mass is 10.1. The van der Waals surface area contributed by atoms with Crippen LogP contribution in [0.25, 0.3) is 22.2 Å². The average Bonchev–Trinajstić information content (AvgIpc) is 3.88. The Kier molecular flexibility index (Phi) is 14.5. The van der Waals surface area contributed by atoms with Gasteiger partial charge in [-0.15, -0.1) is 6.58 Å². The van der Waals surface area contributed by atoms with Crippen LogP contribution >= 0.6 is 22.6 Å². The van der Waals surface area contributed by atoms with Gasteiger partial charge in [0.1, 0.15) is 44.8 Å². The number of carbonyl (C=O) groups excluding carboxylic acids is 5. The minimum atomic E-state index is -4.35. The Bertz CT molecular complexity index is 2780. The van der Waals surface area contributed by atoms with Crippen LogP contribution in [0.3, 0.4) is 0 Å². The fourth-order valence-electron chi connectivity index (χ4n) is 7.84. The van der Waals surface area contributed by atoms with Crippen LogP contribution in [0.4, 0.5) is 4.79 Å². The summed E-state index contributed by atoms with van der Waals surface area (Å²) in [7, 11) is -2.80. The van der Waals surface area contributed by atoms with E-state index in [1.54, 1.807) is 82.5 Å². The van der Waals surface area contributed by atoms with Crippen LogP contribution in [-0.2, 0) is 33.9 Å². The highest BCUT2D eigenvalue weighted by Gasteiger charge is 2.61. The van der Waals surface area contributed by atoms with Crippen molar-refractivity contribution < 1.29 is 46.6 Å². The number of sulfonamides is 1. The number of nitrogens with zero attached hydrogens (tertiary/aromatic N) is 2. The molecular formula is C49H51IN6O10S. The molecule has 0 radical (unpaired) electrons. The number of fused-ring (bicyclic) bond motifs is 1. The molecule has 2 fully saturated rings. The first-order valence-corrected chi connectivity index (χ1v) is 24.2. The minimum absolute atomic E-state index is 0.0292. The Hall–Kier alpha value is -6.54. The standard InChI is InChI=1S/C49H51IN6O10S/c1-6-32-27-49(32,46(60)55-67(62,63)35-20-14-9-15-21-35)54-43(57)40-25-34(65-41-26-37(30-16-10-7-11-17-30)52-38-24-33(64-5)22-23-36(38)41)29-56(40)45(59)39(53-47(61)66-48(2,3)4)28-51-44(58)42(50)31-18-12-8-13-19-31/h6-24,26,32,34,39-40,42H,1,25,27-29H2,2-5H3,(H,51,58)(H,53,61)(H,54,57)(H,55,60)/t32-,34-,39+,40+,42?,49-/m1/s1. The number of hydrogen-bond donors (Lipinski definition) is 4. The monoisotopic (exact) mass is 1040 g/mol. The molecule has 1 saturated heterocycles. The number of halogens is 1. The van der Waals surface area contributed by atoms with Crippen molar-refractivity contribution in [3.63, 3.8) is 0 Å². The molecule has 4 N–H and O–H groups in total. The number of benzene rings is 4. The summed E-state index contributed by atoms with van der Waals surface area (Å²) in [5, 5.41) is 8.77. The summed E-state index contributed by atoms with van der Waals surface area (Å²) in [6.07, 6.45) is -0.432. The highest BCUT2D eigenvalue weighted by molar-refractivity contribution is 14.1. The van der Waals surface area contributed by atoms with Crippen LogP contribution in [0.5, 0.6) is 11.5 Å². The van der Waals surface area contributed by atoms with Gasteiger partial charge in [-0.25, -0.2) is 22.9 Å². The van der Waals surface area contributed by atoms with Gasteiger partial charge in [-0.1, -0.05) is 108 Å². The molecule has 18 heteroatoms. The van der Waals surface area contributed by atoms with Gasteiger partial charge in [-0.2, -0.15) is 0 Å². The second-order valence-corrected chi connectivity index (χ2v) is 20.1. The fraction of sp³-hybridized carbons (Fsp3) is 0.306. The lowest BCUT2D eigenvalue weighted by Crippen LogP contribution is -2.59. The highest BCUT2D eigenvalue weighted by atomic mass is 127. The molecule has 1 aliphatic heterocycles. The highest BCUT2D eigenvalue weighted by Crippen LogP contribution is 2.45. The molecule has 1 aromatic heterocycles. The summed E-state index contributed by atoms with van der Waals surface area (Å²) in [5.41, 5.74) is -0.0312. The van der Waals surface area contributed by atoms with Gasteiger partial charge in [0.05, 0.1) is 29.8 Å². The summed E-state index contributed by atoms with van der Waals surface area (Å²) in [5.74, 6) is -2.68. The smallest absolute Gasteiger partial charge is 0.408 e. The zero-order valence-corrected chi connectivity index (χ0v) is 40.2. The molecule has 0 spiro atoms. The molecule has 4 aromatic carbocycles. The lowest BCUT2D eigenvalue weighted by molar-refractivity contribution is -0.141. The number of nitrogens with one attached hydrogen (secondary N) is 4. The number of rotatable bonds is 16. The maximum absolute atomic E-state index is 15.0. The van der Waals surface area contributed by atoms with E-state index in [9.17, 15) is 32.4 Å². The Morgan fingerprint density at radius 2 is 1.60 bits per heavy atom. The third-order valence-electron chi connectivity index (χ3n) is 11.3. The van der Waals surface area contributed by atoms with Gasteiger partial charge in [-0.05, 0) is 57.0 Å².